The van der Waals surface area contributed by atoms with Gasteiger partial charge in [0.2, 0.25) is 5.95 Å². The summed E-state index contributed by atoms with van der Waals surface area (Å²) >= 11 is 0. The van der Waals surface area contributed by atoms with E-state index in [1.807, 2.05) is 0 Å². The van der Waals surface area contributed by atoms with E-state index in [-0.39, 0.29) is 11.7 Å². The fourth-order valence-electron chi connectivity index (χ4n) is 2.80. The van der Waals surface area contributed by atoms with Crippen LogP contribution in [-0.4, -0.2) is 36.9 Å². The number of nitrogens with one attached hydrogen (secondary N) is 1. The van der Waals surface area contributed by atoms with Crippen LogP contribution in [0.3, 0.4) is 0 Å². The molecule has 0 radical (unpaired) electrons. The van der Waals surface area contributed by atoms with Crippen molar-refractivity contribution < 1.29 is 19.6 Å². The number of nitro benzene ring substituents is 1. The summed E-state index contributed by atoms with van der Waals surface area (Å²) in [5.74, 6) is -0.630. The summed E-state index contributed by atoms with van der Waals surface area (Å²) in [5.41, 5.74) is 0.711. The van der Waals surface area contributed by atoms with Crippen LogP contribution in [0.4, 0.5) is 11.6 Å². The standard InChI is InChI=1S/C16H17N5O5/c1-8(2)26-15(23)13-9(3)19-16-17-7-18-20(16)14(13)10-4-5-12(22)11(6-10)21(24)25/h4-8,14,22H,1-3H3,(H,17,18,19). The molecule has 0 aliphatic carbocycles. The molecule has 0 saturated carbocycles. The van der Waals surface area contributed by atoms with Gasteiger partial charge >= 0.3 is 11.7 Å². The zero-order chi connectivity index (χ0) is 19.0. The number of nitro groups is 1. The zero-order valence-electron chi connectivity index (χ0n) is 14.3. The minimum Gasteiger partial charge on any atom is -0.502 e. The van der Waals surface area contributed by atoms with Crippen LogP contribution in [0.2, 0.25) is 0 Å². The smallest absolute Gasteiger partial charge is 0.338 e. The lowest BCUT2D eigenvalue weighted by molar-refractivity contribution is -0.385. The van der Waals surface area contributed by atoms with Crippen molar-refractivity contribution >= 4 is 17.6 Å². The highest BCUT2D eigenvalue weighted by molar-refractivity contribution is 5.92. The molecule has 10 nitrogen and oxygen atoms in total. The Bertz CT molecular complexity index is 918. The number of aromatic hydroxyl groups is 1. The lowest BCUT2D eigenvalue weighted by Crippen LogP contribution is -2.30. The fourth-order valence-corrected chi connectivity index (χ4v) is 2.80. The van der Waals surface area contributed by atoms with Gasteiger partial charge in [0.05, 0.1) is 16.6 Å². The summed E-state index contributed by atoms with van der Waals surface area (Å²) in [6, 6.07) is 3.15. The number of phenols is 1. The van der Waals surface area contributed by atoms with Gasteiger partial charge in [-0.3, -0.25) is 10.1 Å². The molecule has 3 rings (SSSR count). The molecule has 26 heavy (non-hydrogen) atoms. The van der Waals surface area contributed by atoms with Gasteiger partial charge in [0, 0.05) is 11.8 Å². The quantitative estimate of drug-likeness (QED) is 0.482. The Morgan fingerprint density at radius 1 is 1.46 bits per heavy atom. The number of esters is 1. The van der Waals surface area contributed by atoms with Gasteiger partial charge in [0.25, 0.3) is 0 Å². The number of benzene rings is 1. The molecule has 0 spiro atoms. The van der Waals surface area contributed by atoms with E-state index in [0.29, 0.717) is 17.2 Å². The number of hydrogen-bond donors (Lipinski definition) is 2. The third kappa shape index (κ3) is 2.96. The highest BCUT2D eigenvalue weighted by Gasteiger charge is 2.35. The van der Waals surface area contributed by atoms with E-state index in [2.05, 4.69) is 15.4 Å². The van der Waals surface area contributed by atoms with Gasteiger partial charge in [0.15, 0.2) is 5.75 Å². The van der Waals surface area contributed by atoms with Crippen molar-refractivity contribution in [3.05, 3.63) is 51.5 Å². The van der Waals surface area contributed by atoms with Crippen LogP contribution in [0.1, 0.15) is 32.4 Å². The van der Waals surface area contributed by atoms with Crippen molar-refractivity contribution in [2.45, 2.75) is 32.9 Å². The molecule has 1 atom stereocenters. The van der Waals surface area contributed by atoms with E-state index in [0.717, 1.165) is 0 Å². The molecule has 1 aliphatic heterocycles. The fraction of sp³-hybridized carbons (Fsp3) is 0.312. The summed E-state index contributed by atoms with van der Waals surface area (Å²) < 4.78 is 6.77. The van der Waals surface area contributed by atoms with Crippen molar-refractivity contribution in [1.29, 1.82) is 0 Å². The predicted octanol–water partition coefficient (Wildman–Crippen LogP) is 2.13. The molecular formula is C16H17N5O5. The first-order valence-electron chi connectivity index (χ1n) is 7.85. The molecule has 2 N–H and O–H groups in total. The number of carbonyl (C=O) groups is 1. The average Bonchev–Trinajstić information content (AvgIpc) is 3.00. The molecule has 0 fully saturated rings. The summed E-state index contributed by atoms with van der Waals surface area (Å²) in [5, 5.41) is 28.0. The van der Waals surface area contributed by atoms with Gasteiger partial charge in [-0.25, -0.2) is 9.48 Å². The zero-order valence-corrected chi connectivity index (χ0v) is 14.3. The molecule has 2 aromatic rings. The molecule has 0 amide bonds. The number of allylic oxidation sites excluding steroid dienone is 1. The highest BCUT2D eigenvalue weighted by atomic mass is 16.6. The molecule has 10 heteroatoms. The summed E-state index contributed by atoms with van der Waals surface area (Å²) in [6.07, 6.45) is 0.975. The minimum atomic E-state index is -0.778. The Morgan fingerprint density at radius 2 is 2.19 bits per heavy atom. The van der Waals surface area contributed by atoms with Crippen LogP contribution >= 0.6 is 0 Å². The number of aromatic nitrogens is 3. The second-order valence-electron chi connectivity index (χ2n) is 6.05. The summed E-state index contributed by atoms with van der Waals surface area (Å²) in [4.78, 5) is 27.2. The maximum absolute atomic E-state index is 12.7. The first kappa shape index (κ1) is 17.4. The SMILES string of the molecule is CC1=C(C(=O)OC(C)C)C(c2ccc(O)c([N+](=O)[O-])c2)n2ncnc2N1. The third-order valence-electron chi connectivity index (χ3n) is 3.87. The number of ether oxygens (including phenoxy) is 1. The van der Waals surface area contributed by atoms with Crippen LogP contribution in [0.15, 0.2) is 35.8 Å². The Labute approximate surface area is 148 Å². The summed E-state index contributed by atoms with van der Waals surface area (Å²) in [6.45, 7) is 5.15. The molecule has 0 bridgehead atoms. The van der Waals surface area contributed by atoms with E-state index < -0.39 is 28.4 Å². The second kappa shape index (κ2) is 6.47. The van der Waals surface area contributed by atoms with Crippen LogP contribution < -0.4 is 5.32 Å². The van der Waals surface area contributed by atoms with Crippen LogP contribution in [0.5, 0.6) is 5.75 Å². The van der Waals surface area contributed by atoms with Crippen LogP contribution in [0, 0.1) is 10.1 Å². The van der Waals surface area contributed by atoms with Crippen molar-refractivity contribution in [3.63, 3.8) is 0 Å². The van der Waals surface area contributed by atoms with E-state index in [4.69, 9.17) is 4.74 Å². The molecule has 1 aromatic carbocycles. The van der Waals surface area contributed by atoms with Gasteiger partial charge in [-0.05, 0) is 32.4 Å². The molecule has 1 unspecified atom stereocenters. The maximum Gasteiger partial charge on any atom is 0.338 e. The summed E-state index contributed by atoms with van der Waals surface area (Å²) in [7, 11) is 0. The number of rotatable bonds is 4. The monoisotopic (exact) mass is 359 g/mol. The van der Waals surface area contributed by atoms with Crippen molar-refractivity contribution in [2.75, 3.05) is 5.32 Å². The molecule has 136 valence electrons. The maximum atomic E-state index is 12.7. The molecular weight excluding hydrogens is 342 g/mol. The largest absolute Gasteiger partial charge is 0.502 e. The molecule has 2 heterocycles. The van der Waals surface area contributed by atoms with Crippen molar-refractivity contribution in [3.8, 4) is 5.75 Å². The van der Waals surface area contributed by atoms with E-state index >= 15 is 0 Å². The van der Waals surface area contributed by atoms with Gasteiger partial charge in [-0.15, -0.1) is 0 Å². The number of phenolic OH excluding ortho intramolecular Hbond substituents is 1. The van der Waals surface area contributed by atoms with Crippen molar-refractivity contribution in [1.82, 2.24) is 14.8 Å². The van der Waals surface area contributed by atoms with Gasteiger partial charge < -0.3 is 15.2 Å². The van der Waals surface area contributed by atoms with Gasteiger partial charge in [-0.2, -0.15) is 10.1 Å². The Kier molecular flexibility index (Phi) is 4.33. The number of anilines is 1. The third-order valence-corrected chi connectivity index (χ3v) is 3.87. The highest BCUT2D eigenvalue weighted by Crippen LogP contribution is 2.38. The Balaban J connectivity index is 2.17. The Morgan fingerprint density at radius 3 is 2.85 bits per heavy atom. The lowest BCUT2D eigenvalue weighted by Gasteiger charge is -2.28. The number of hydrogen-bond acceptors (Lipinski definition) is 8. The van der Waals surface area contributed by atoms with Crippen LogP contribution in [0.25, 0.3) is 0 Å². The first-order valence-corrected chi connectivity index (χ1v) is 7.85. The number of nitrogens with zero attached hydrogens (tertiary/aromatic N) is 4. The normalized spacial score (nSPS) is 16.2. The molecule has 1 aliphatic rings. The predicted molar refractivity (Wildman–Crippen MR) is 90.5 cm³/mol. The Hall–Kier alpha value is -3.43. The van der Waals surface area contributed by atoms with E-state index in [9.17, 15) is 20.0 Å². The van der Waals surface area contributed by atoms with Gasteiger partial charge in [-0.1, -0.05) is 6.07 Å². The lowest BCUT2D eigenvalue weighted by atomic mass is 9.95. The first-order chi connectivity index (χ1) is 12.3. The topological polar surface area (TPSA) is 132 Å². The second-order valence-corrected chi connectivity index (χ2v) is 6.05. The molecule has 0 saturated heterocycles. The minimum absolute atomic E-state index is 0.261. The van der Waals surface area contributed by atoms with Gasteiger partial charge in [0.1, 0.15) is 12.4 Å². The molecule has 1 aromatic heterocycles. The van der Waals surface area contributed by atoms with Crippen molar-refractivity contribution in [2.24, 2.45) is 0 Å². The van der Waals surface area contributed by atoms with Crippen LogP contribution in [-0.2, 0) is 9.53 Å². The van der Waals surface area contributed by atoms with E-state index in [1.165, 1.54) is 29.2 Å². The van der Waals surface area contributed by atoms with E-state index in [1.54, 1.807) is 20.8 Å². The number of carbonyl (C=O) groups excluding carboxylic acids is 1. The average molecular weight is 359 g/mol. The number of fused-ring (bicyclic) bond motifs is 1.